The van der Waals surface area contributed by atoms with Crippen molar-refractivity contribution in [2.24, 2.45) is 40.4 Å². The van der Waals surface area contributed by atoms with E-state index in [0.29, 0.717) is 29.0 Å². The van der Waals surface area contributed by atoms with Crippen molar-refractivity contribution in [1.82, 2.24) is 0 Å². The fraction of sp³-hybridized carbons (Fsp3) is 0.800. The summed E-state index contributed by atoms with van der Waals surface area (Å²) < 4.78 is 5.57. The monoisotopic (exact) mass is 416 g/mol. The molecule has 4 aliphatic carbocycles. The Morgan fingerprint density at radius 1 is 0.900 bits per heavy atom. The van der Waals surface area contributed by atoms with E-state index in [0.717, 1.165) is 43.8 Å². The topological polar surface area (TPSA) is 80.7 Å². The fourth-order valence-corrected chi connectivity index (χ4v) is 8.34. The van der Waals surface area contributed by atoms with Crippen LogP contribution in [-0.4, -0.2) is 28.9 Å². The molecular weight excluding hydrogens is 380 g/mol. The van der Waals surface area contributed by atoms with Crippen LogP contribution in [0.3, 0.4) is 0 Å². The van der Waals surface area contributed by atoms with E-state index in [9.17, 15) is 14.4 Å². The molecule has 4 fully saturated rings. The number of rotatable bonds is 4. The summed E-state index contributed by atoms with van der Waals surface area (Å²) in [7, 11) is 0. The molecule has 0 radical (unpaired) electrons. The summed E-state index contributed by atoms with van der Waals surface area (Å²) in [5, 5.41) is 8.68. The molecule has 0 unspecified atom stereocenters. The van der Waals surface area contributed by atoms with E-state index in [-0.39, 0.29) is 17.4 Å². The third-order valence-corrected chi connectivity index (χ3v) is 9.75. The third kappa shape index (κ3) is 3.52. The van der Waals surface area contributed by atoms with E-state index < -0.39 is 11.9 Å². The molecule has 4 saturated carbocycles. The summed E-state index contributed by atoms with van der Waals surface area (Å²) in [5.74, 6) is 1.64. The molecule has 0 spiro atoms. The zero-order valence-electron chi connectivity index (χ0n) is 18.6. The largest absolute Gasteiger partial charge is 0.478 e. The lowest BCUT2D eigenvalue weighted by molar-refractivity contribution is -0.158. The van der Waals surface area contributed by atoms with Crippen LogP contribution in [0.2, 0.25) is 0 Å². The molecule has 0 saturated heterocycles. The molecule has 0 aromatic carbocycles. The Balaban J connectivity index is 1.44. The van der Waals surface area contributed by atoms with Gasteiger partial charge in [0.2, 0.25) is 0 Å². The SMILES string of the molecule is CC(=O)[C@H]1CC[C@H]2[C@@H]3CC[C@@H]4C[C@H](OC(=O)/C=C/C(=O)O)CC[C@]4(C)[C@H]3CC[C@]12C. The van der Waals surface area contributed by atoms with Crippen molar-refractivity contribution < 1.29 is 24.2 Å². The number of hydrogen-bond acceptors (Lipinski definition) is 4. The van der Waals surface area contributed by atoms with Crippen molar-refractivity contribution in [3.05, 3.63) is 12.2 Å². The maximum atomic E-state index is 12.3. The molecule has 0 heterocycles. The van der Waals surface area contributed by atoms with E-state index in [1.54, 1.807) is 6.92 Å². The van der Waals surface area contributed by atoms with Crippen LogP contribution in [0.15, 0.2) is 12.2 Å². The van der Waals surface area contributed by atoms with Gasteiger partial charge in [-0.1, -0.05) is 13.8 Å². The quantitative estimate of drug-likeness (QED) is 0.526. The van der Waals surface area contributed by atoms with Crippen LogP contribution in [0.25, 0.3) is 0 Å². The van der Waals surface area contributed by atoms with E-state index in [1.165, 1.54) is 32.1 Å². The summed E-state index contributed by atoms with van der Waals surface area (Å²) in [5.41, 5.74) is 0.484. The number of carboxylic acids is 1. The second kappa shape index (κ2) is 7.80. The van der Waals surface area contributed by atoms with Gasteiger partial charge >= 0.3 is 11.9 Å². The van der Waals surface area contributed by atoms with Gasteiger partial charge in [-0.2, -0.15) is 0 Å². The minimum Gasteiger partial charge on any atom is -0.478 e. The van der Waals surface area contributed by atoms with Gasteiger partial charge in [-0.05, 0) is 99.2 Å². The average Bonchev–Trinajstić information content (AvgIpc) is 3.04. The van der Waals surface area contributed by atoms with Crippen molar-refractivity contribution in [1.29, 1.82) is 0 Å². The molecule has 4 aliphatic rings. The number of esters is 1. The van der Waals surface area contributed by atoms with Crippen molar-refractivity contribution in [2.75, 3.05) is 0 Å². The summed E-state index contributed by atoms with van der Waals surface area (Å²) in [6, 6.07) is 0. The van der Waals surface area contributed by atoms with Gasteiger partial charge in [-0.3, -0.25) is 4.79 Å². The first-order valence-electron chi connectivity index (χ1n) is 11.8. The van der Waals surface area contributed by atoms with Gasteiger partial charge in [-0.15, -0.1) is 0 Å². The number of Topliss-reactive ketones (excluding diaryl/α,β-unsaturated/α-hetero) is 1. The van der Waals surface area contributed by atoms with E-state index >= 15 is 0 Å². The van der Waals surface area contributed by atoms with Gasteiger partial charge in [-0.25, -0.2) is 9.59 Å². The van der Waals surface area contributed by atoms with E-state index in [4.69, 9.17) is 9.84 Å². The number of carbonyl (C=O) groups excluding carboxylic acids is 2. The first-order valence-corrected chi connectivity index (χ1v) is 11.8. The number of ether oxygens (including phenoxy) is 1. The zero-order valence-corrected chi connectivity index (χ0v) is 18.6. The second-order valence-corrected chi connectivity index (χ2v) is 10.9. The highest BCUT2D eigenvalue weighted by molar-refractivity contribution is 5.90. The molecule has 5 heteroatoms. The highest BCUT2D eigenvalue weighted by Crippen LogP contribution is 2.67. The lowest BCUT2D eigenvalue weighted by atomic mass is 9.44. The Bertz CT molecular complexity index is 757. The number of carbonyl (C=O) groups is 3. The third-order valence-electron chi connectivity index (χ3n) is 9.75. The molecule has 8 atom stereocenters. The van der Waals surface area contributed by atoms with Gasteiger partial charge in [0.15, 0.2) is 0 Å². The van der Waals surface area contributed by atoms with Gasteiger partial charge in [0, 0.05) is 18.1 Å². The van der Waals surface area contributed by atoms with Crippen molar-refractivity contribution in [2.45, 2.75) is 84.7 Å². The number of carboxylic acid groups (broad SMARTS) is 1. The van der Waals surface area contributed by atoms with Crippen molar-refractivity contribution in [3.8, 4) is 0 Å². The molecule has 1 N–H and O–H groups in total. The predicted octanol–water partition coefficient (Wildman–Crippen LogP) is 4.79. The summed E-state index contributed by atoms with van der Waals surface area (Å²) in [6.07, 6.45) is 11.7. The average molecular weight is 417 g/mol. The van der Waals surface area contributed by atoms with E-state index in [2.05, 4.69) is 13.8 Å². The number of aliphatic carboxylic acids is 1. The predicted molar refractivity (Wildman–Crippen MR) is 113 cm³/mol. The molecule has 30 heavy (non-hydrogen) atoms. The van der Waals surface area contributed by atoms with Crippen molar-refractivity contribution in [3.63, 3.8) is 0 Å². The fourth-order valence-electron chi connectivity index (χ4n) is 8.34. The van der Waals surface area contributed by atoms with Crippen LogP contribution in [0.1, 0.15) is 78.6 Å². The smallest absolute Gasteiger partial charge is 0.331 e. The second-order valence-electron chi connectivity index (χ2n) is 10.9. The molecule has 0 bridgehead atoms. The first-order chi connectivity index (χ1) is 14.1. The molecule has 0 aromatic heterocycles. The Hall–Kier alpha value is -1.65. The van der Waals surface area contributed by atoms with Gasteiger partial charge < -0.3 is 9.84 Å². The van der Waals surface area contributed by atoms with Gasteiger partial charge in [0.1, 0.15) is 11.9 Å². The summed E-state index contributed by atoms with van der Waals surface area (Å²) in [6.45, 7) is 6.65. The normalized spacial score (nSPS) is 45.3. The minimum absolute atomic E-state index is 0.104. The van der Waals surface area contributed by atoms with Crippen molar-refractivity contribution >= 4 is 17.7 Å². The van der Waals surface area contributed by atoms with Gasteiger partial charge in [0.05, 0.1) is 0 Å². The number of fused-ring (bicyclic) bond motifs is 5. The molecule has 0 aromatic rings. The van der Waals surface area contributed by atoms with Crippen LogP contribution < -0.4 is 0 Å². The molecule has 166 valence electrons. The first kappa shape index (κ1) is 21.6. The van der Waals surface area contributed by atoms with Crippen LogP contribution in [0, 0.1) is 40.4 Å². The van der Waals surface area contributed by atoms with Crippen LogP contribution in [-0.2, 0) is 19.1 Å². The highest BCUT2D eigenvalue weighted by Gasteiger charge is 2.60. The molecule has 0 aliphatic heterocycles. The molecular formula is C25H36O5. The minimum atomic E-state index is -1.13. The van der Waals surface area contributed by atoms with Crippen LogP contribution in [0.4, 0.5) is 0 Å². The Labute approximate surface area is 179 Å². The maximum absolute atomic E-state index is 12.3. The standard InChI is InChI=1S/C25H36O5/c1-15(26)19-6-7-20-18-5-4-16-14-17(30-23(29)9-8-22(27)28)10-12-24(16,2)21(18)11-13-25(19,20)3/h8-9,16-21H,4-7,10-14H2,1-3H3,(H,27,28)/b9-8+/t16-,17-,18+,19-,20+,21+,24+,25-/m1/s1. The molecule has 0 amide bonds. The number of ketones is 1. The number of hydrogen-bond donors (Lipinski definition) is 1. The summed E-state index contributed by atoms with van der Waals surface area (Å²) in [4.78, 5) is 34.8. The lowest BCUT2D eigenvalue weighted by Crippen LogP contribution is -2.54. The zero-order chi connectivity index (χ0) is 21.7. The maximum Gasteiger partial charge on any atom is 0.331 e. The highest BCUT2D eigenvalue weighted by atomic mass is 16.5. The van der Waals surface area contributed by atoms with Gasteiger partial charge in [0.25, 0.3) is 0 Å². The van der Waals surface area contributed by atoms with Crippen LogP contribution >= 0.6 is 0 Å². The van der Waals surface area contributed by atoms with Crippen LogP contribution in [0.5, 0.6) is 0 Å². The van der Waals surface area contributed by atoms with E-state index in [1.807, 2.05) is 0 Å². The molecule has 5 nitrogen and oxygen atoms in total. The Morgan fingerprint density at radius 2 is 1.60 bits per heavy atom. The molecule has 4 rings (SSSR count). The Kier molecular flexibility index (Phi) is 5.61. The summed E-state index contributed by atoms with van der Waals surface area (Å²) >= 11 is 0. The lowest BCUT2D eigenvalue weighted by Gasteiger charge is -2.61. The Morgan fingerprint density at radius 3 is 2.30 bits per heavy atom.